The zero-order valence-electron chi connectivity index (χ0n) is 7.67. The Morgan fingerprint density at radius 3 is 3.00 bits per heavy atom. The first kappa shape index (κ1) is 9.17. The highest BCUT2D eigenvalue weighted by Crippen LogP contribution is 2.29. The first-order valence-electron chi connectivity index (χ1n) is 4.25. The summed E-state index contributed by atoms with van der Waals surface area (Å²) in [5, 5.41) is 10.7. The van der Waals surface area contributed by atoms with Gasteiger partial charge in [-0.15, -0.1) is 11.3 Å². The molecule has 0 aliphatic heterocycles. The van der Waals surface area contributed by atoms with E-state index >= 15 is 0 Å². The molecule has 0 amide bonds. The number of nitriles is 1. The molecule has 70 valence electrons. The molecule has 1 heterocycles. The quantitative estimate of drug-likeness (QED) is 0.699. The van der Waals surface area contributed by atoms with E-state index in [-0.39, 0.29) is 12.2 Å². The van der Waals surface area contributed by atoms with Gasteiger partial charge in [-0.3, -0.25) is 0 Å². The minimum atomic E-state index is -0.213. The molecule has 0 spiro atoms. The van der Waals surface area contributed by atoms with Crippen LogP contribution in [0.3, 0.4) is 0 Å². The standard InChI is InChI=1S/C11H8FNS/c1-7-4-8(2-3-13)11-9(12)6-14-10(11)5-7/h4-6H,2H2,1H3. The molecule has 0 unspecified atom stereocenters. The number of hydrogen-bond donors (Lipinski definition) is 0. The van der Waals surface area contributed by atoms with Gasteiger partial charge in [-0.1, -0.05) is 6.07 Å². The monoisotopic (exact) mass is 205 g/mol. The third-order valence-corrected chi connectivity index (χ3v) is 3.03. The van der Waals surface area contributed by atoms with Gasteiger partial charge in [-0.25, -0.2) is 4.39 Å². The minimum absolute atomic E-state index is 0.213. The van der Waals surface area contributed by atoms with Crippen LogP contribution in [-0.2, 0) is 6.42 Å². The average molecular weight is 205 g/mol. The summed E-state index contributed by atoms with van der Waals surface area (Å²) in [5.74, 6) is -0.213. The summed E-state index contributed by atoms with van der Waals surface area (Å²) < 4.78 is 14.3. The molecule has 0 saturated heterocycles. The maximum absolute atomic E-state index is 13.4. The Kier molecular flexibility index (Phi) is 2.22. The highest BCUT2D eigenvalue weighted by Gasteiger charge is 2.09. The lowest BCUT2D eigenvalue weighted by atomic mass is 10.0. The van der Waals surface area contributed by atoms with Gasteiger partial charge in [0.15, 0.2) is 0 Å². The summed E-state index contributed by atoms with van der Waals surface area (Å²) in [6.45, 7) is 1.96. The van der Waals surface area contributed by atoms with Gasteiger partial charge < -0.3 is 0 Å². The third kappa shape index (κ3) is 1.38. The number of thiophene rings is 1. The van der Waals surface area contributed by atoms with Gasteiger partial charge in [-0.05, 0) is 24.1 Å². The van der Waals surface area contributed by atoms with Crippen molar-refractivity contribution in [1.82, 2.24) is 0 Å². The summed E-state index contributed by atoms with van der Waals surface area (Å²) >= 11 is 1.38. The molecule has 0 saturated carbocycles. The Bertz CT molecular complexity index is 522. The number of halogens is 1. The molecule has 0 aliphatic carbocycles. The molecule has 0 fully saturated rings. The zero-order chi connectivity index (χ0) is 10.1. The van der Waals surface area contributed by atoms with Crippen LogP contribution < -0.4 is 0 Å². The highest BCUT2D eigenvalue weighted by molar-refractivity contribution is 7.17. The first-order chi connectivity index (χ1) is 6.72. The smallest absolute Gasteiger partial charge is 0.142 e. The van der Waals surface area contributed by atoms with Crippen LogP contribution in [0.5, 0.6) is 0 Å². The van der Waals surface area contributed by atoms with Gasteiger partial charge in [0.25, 0.3) is 0 Å². The minimum Gasteiger partial charge on any atom is -0.205 e. The molecule has 0 bridgehead atoms. The van der Waals surface area contributed by atoms with Crippen molar-refractivity contribution >= 4 is 21.4 Å². The van der Waals surface area contributed by atoms with Gasteiger partial charge in [0.1, 0.15) is 5.82 Å². The maximum atomic E-state index is 13.4. The van der Waals surface area contributed by atoms with E-state index in [1.807, 2.05) is 19.1 Å². The van der Waals surface area contributed by atoms with Gasteiger partial charge in [0.05, 0.1) is 12.5 Å². The summed E-state index contributed by atoms with van der Waals surface area (Å²) in [6, 6.07) is 5.88. The van der Waals surface area contributed by atoms with Crippen molar-refractivity contribution in [3.05, 3.63) is 34.5 Å². The zero-order valence-corrected chi connectivity index (χ0v) is 8.49. The topological polar surface area (TPSA) is 23.8 Å². The second kappa shape index (κ2) is 3.39. The van der Waals surface area contributed by atoms with Crippen LogP contribution in [0.2, 0.25) is 0 Å². The van der Waals surface area contributed by atoms with Crippen molar-refractivity contribution in [2.24, 2.45) is 0 Å². The van der Waals surface area contributed by atoms with E-state index in [0.29, 0.717) is 5.39 Å². The largest absolute Gasteiger partial charge is 0.205 e. The van der Waals surface area contributed by atoms with Gasteiger partial charge in [0, 0.05) is 15.5 Å². The Balaban J connectivity index is 2.78. The van der Waals surface area contributed by atoms with Crippen molar-refractivity contribution in [2.75, 3.05) is 0 Å². The van der Waals surface area contributed by atoms with E-state index in [4.69, 9.17) is 5.26 Å². The third-order valence-electron chi connectivity index (χ3n) is 2.13. The summed E-state index contributed by atoms with van der Waals surface area (Å²) in [4.78, 5) is 0. The Labute approximate surface area is 85.4 Å². The van der Waals surface area contributed by atoms with E-state index in [2.05, 4.69) is 6.07 Å². The van der Waals surface area contributed by atoms with E-state index < -0.39 is 0 Å². The summed E-state index contributed by atoms with van der Waals surface area (Å²) in [5.41, 5.74) is 1.87. The molecule has 2 aromatic rings. The molecular weight excluding hydrogens is 197 g/mol. The maximum Gasteiger partial charge on any atom is 0.142 e. The molecule has 1 nitrogen and oxygen atoms in total. The Morgan fingerprint density at radius 2 is 2.29 bits per heavy atom. The lowest BCUT2D eigenvalue weighted by Gasteiger charge is -2.00. The van der Waals surface area contributed by atoms with Crippen molar-refractivity contribution in [1.29, 1.82) is 5.26 Å². The molecular formula is C11H8FNS. The van der Waals surface area contributed by atoms with E-state index in [1.165, 1.54) is 16.7 Å². The predicted molar refractivity (Wildman–Crippen MR) is 55.8 cm³/mol. The molecule has 14 heavy (non-hydrogen) atoms. The number of nitrogens with zero attached hydrogens (tertiary/aromatic N) is 1. The van der Waals surface area contributed by atoms with E-state index in [0.717, 1.165) is 15.8 Å². The Morgan fingerprint density at radius 1 is 1.50 bits per heavy atom. The van der Waals surface area contributed by atoms with Crippen LogP contribution in [0.4, 0.5) is 4.39 Å². The average Bonchev–Trinajstić information content (AvgIpc) is 2.48. The molecule has 0 aliphatic rings. The van der Waals surface area contributed by atoms with Crippen LogP contribution in [0, 0.1) is 24.1 Å². The number of fused-ring (bicyclic) bond motifs is 1. The molecule has 0 N–H and O–H groups in total. The van der Waals surface area contributed by atoms with Crippen molar-refractivity contribution in [2.45, 2.75) is 13.3 Å². The number of hydrogen-bond acceptors (Lipinski definition) is 2. The molecule has 0 radical (unpaired) electrons. The SMILES string of the molecule is Cc1cc(CC#N)c2c(F)csc2c1. The molecule has 0 atom stereocenters. The van der Waals surface area contributed by atoms with Gasteiger partial charge >= 0.3 is 0 Å². The fourth-order valence-electron chi connectivity index (χ4n) is 1.59. The van der Waals surface area contributed by atoms with Crippen LogP contribution in [0.15, 0.2) is 17.5 Å². The first-order valence-corrected chi connectivity index (χ1v) is 5.13. The lowest BCUT2D eigenvalue weighted by Crippen LogP contribution is -1.86. The second-order valence-corrected chi connectivity index (χ2v) is 4.13. The van der Waals surface area contributed by atoms with Gasteiger partial charge in [0.2, 0.25) is 0 Å². The van der Waals surface area contributed by atoms with Crippen molar-refractivity contribution in [3.8, 4) is 6.07 Å². The number of aryl methyl sites for hydroxylation is 1. The number of benzene rings is 1. The molecule has 2 rings (SSSR count). The molecule has 1 aromatic carbocycles. The van der Waals surface area contributed by atoms with Crippen LogP contribution in [0.1, 0.15) is 11.1 Å². The summed E-state index contributed by atoms with van der Waals surface area (Å²) in [6.07, 6.45) is 0.270. The van der Waals surface area contributed by atoms with Gasteiger partial charge in [-0.2, -0.15) is 5.26 Å². The van der Waals surface area contributed by atoms with Crippen LogP contribution in [-0.4, -0.2) is 0 Å². The molecule has 3 heteroatoms. The lowest BCUT2D eigenvalue weighted by molar-refractivity contribution is 0.643. The van der Waals surface area contributed by atoms with E-state index in [9.17, 15) is 4.39 Å². The van der Waals surface area contributed by atoms with Crippen LogP contribution >= 0.6 is 11.3 Å². The van der Waals surface area contributed by atoms with E-state index in [1.54, 1.807) is 0 Å². The fourth-order valence-corrected chi connectivity index (χ4v) is 2.54. The Hall–Kier alpha value is -1.40. The number of rotatable bonds is 1. The normalized spacial score (nSPS) is 10.4. The van der Waals surface area contributed by atoms with Crippen molar-refractivity contribution in [3.63, 3.8) is 0 Å². The highest BCUT2D eigenvalue weighted by atomic mass is 32.1. The predicted octanol–water partition coefficient (Wildman–Crippen LogP) is 3.41. The van der Waals surface area contributed by atoms with Crippen LogP contribution in [0.25, 0.3) is 10.1 Å². The summed E-state index contributed by atoms with van der Waals surface area (Å²) in [7, 11) is 0. The molecule has 1 aromatic heterocycles. The fraction of sp³-hybridized carbons (Fsp3) is 0.182. The second-order valence-electron chi connectivity index (χ2n) is 3.22. The van der Waals surface area contributed by atoms with Crippen molar-refractivity contribution < 1.29 is 4.39 Å².